The van der Waals surface area contributed by atoms with Crippen LogP contribution in [0.15, 0.2) is 30.5 Å². The Morgan fingerprint density at radius 3 is 2.43 bits per heavy atom. The number of rotatable bonds is 4. The van der Waals surface area contributed by atoms with Crippen LogP contribution >= 0.6 is 11.6 Å². The van der Waals surface area contributed by atoms with Crippen LogP contribution in [-0.4, -0.2) is 11.3 Å². The van der Waals surface area contributed by atoms with Crippen LogP contribution in [-0.2, 0) is 6.61 Å². The van der Waals surface area contributed by atoms with E-state index >= 15 is 0 Å². The molecule has 1 aromatic carbocycles. The maximum atomic E-state index is 10.9. The van der Waals surface area contributed by atoms with Crippen molar-refractivity contribution < 1.29 is 9.53 Å². The van der Waals surface area contributed by atoms with Gasteiger partial charge >= 0.3 is 0 Å². The summed E-state index contributed by atoms with van der Waals surface area (Å²) in [6, 6.07) is 10.1. The van der Waals surface area contributed by atoms with E-state index in [-0.39, 0.29) is 18.1 Å². The number of hydrogen-bond donors (Lipinski definition) is 0. The lowest BCUT2D eigenvalue weighted by Crippen LogP contribution is -2.01. The largest absolute Gasteiger partial charge is 0.472 e. The summed E-state index contributed by atoms with van der Waals surface area (Å²) in [5, 5.41) is 18.1. The van der Waals surface area contributed by atoms with Gasteiger partial charge in [-0.15, -0.1) is 0 Å². The Morgan fingerprint density at radius 2 is 1.86 bits per heavy atom. The van der Waals surface area contributed by atoms with Gasteiger partial charge in [-0.2, -0.15) is 10.5 Å². The van der Waals surface area contributed by atoms with Gasteiger partial charge in [-0.05, 0) is 29.8 Å². The monoisotopic (exact) mass is 297 g/mol. The van der Waals surface area contributed by atoms with Gasteiger partial charge in [0.25, 0.3) is 0 Å². The topological polar surface area (TPSA) is 86.8 Å². The summed E-state index contributed by atoms with van der Waals surface area (Å²) in [5.74, 6) is 0.148. The fraction of sp³-hybridized carbons (Fsp3) is 0.0667. The lowest BCUT2D eigenvalue weighted by molar-refractivity contribution is 0.111. The normalized spacial score (nSPS) is 9.48. The minimum absolute atomic E-state index is 0.0830. The zero-order valence-electron chi connectivity index (χ0n) is 10.7. The van der Waals surface area contributed by atoms with Gasteiger partial charge in [0.2, 0.25) is 5.88 Å². The molecule has 0 amide bonds. The number of hydrogen-bond acceptors (Lipinski definition) is 5. The Bertz CT molecular complexity index is 743. The third-order valence-electron chi connectivity index (χ3n) is 2.60. The number of carbonyl (C=O) groups is 1. The molecule has 6 heteroatoms. The molecule has 2 rings (SSSR count). The molecule has 0 spiro atoms. The van der Waals surface area contributed by atoms with E-state index in [1.807, 2.05) is 12.1 Å². The molecule has 0 bridgehead atoms. The molecule has 21 heavy (non-hydrogen) atoms. The van der Waals surface area contributed by atoms with E-state index in [9.17, 15) is 4.79 Å². The van der Waals surface area contributed by atoms with Crippen molar-refractivity contribution in [3.05, 3.63) is 57.7 Å². The van der Waals surface area contributed by atoms with Gasteiger partial charge in [0.1, 0.15) is 6.61 Å². The number of halogens is 1. The summed E-state index contributed by atoms with van der Waals surface area (Å²) in [7, 11) is 0. The van der Waals surface area contributed by atoms with Gasteiger partial charge in [-0.3, -0.25) is 4.79 Å². The second-order valence-electron chi connectivity index (χ2n) is 4.10. The number of nitrogens with zero attached hydrogens (tertiary/aromatic N) is 3. The quantitative estimate of drug-likeness (QED) is 0.810. The Labute approximate surface area is 126 Å². The zero-order valence-corrected chi connectivity index (χ0v) is 11.5. The summed E-state index contributed by atoms with van der Waals surface area (Å²) in [5.41, 5.74) is 1.61. The first-order valence-corrected chi connectivity index (χ1v) is 6.21. The van der Waals surface area contributed by atoms with Gasteiger partial charge in [-0.1, -0.05) is 11.6 Å². The van der Waals surface area contributed by atoms with Crippen LogP contribution in [0.2, 0.25) is 5.02 Å². The first-order chi connectivity index (χ1) is 10.2. The van der Waals surface area contributed by atoms with Crippen molar-refractivity contribution in [1.29, 1.82) is 10.5 Å². The molecule has 0 saturated heterocycles. The molecule has 1 aromatic heterocycles. The number of benzene rings is 1. The third kappa shape index (κ3) is 3.56. The van der Waals surface area contributed by atoms with Crippen molar-refractivity contribution in [3.8, 4) is 18.0 Å². The van der Waals surface area contributed by atoms with Crippen LogP contribution in [0.5, 0.6) is 5.88 Å². The second kappa shape index (κ2) is 6.51. The van der Waals surface area contributed by atoms with Crippen LogP contribution in [0.1, 0.15) is 27.0 Å². The zero-order chi connectivity index (χ0) is 15.2. The van der Waals surface area contributed by atoms with E-state index in [1.165, 1.54) is 18.3 Å². The Hall–Kier alpha value is -2.89. The molecule has 2 aromatic rings. The standard InChI is InChI=1S/C15H8ClN3O2/c16-14-4-13(8-20)15(19-7-14)21-9-12-2-10(5-17)1-11(3-12)6-18/h1-4,7-8H,9H2. The maximum absolute atomic E-state index is 10.9. The average Bonchev–Trinajstić information content (AvgIpc) is 2.53. The number of carbonyl (C=O) groups excluding carboxylic acids is 1. The van der Waals surface area contributed by atoms with E-state index in [2.05, 4.69) is 4.98 Å². The number of aldehydes is 1. The minimum atomic E-state index is 0.0830. The van der Waals surface area contributed by atoms with Crippen LogP contribution < -0.4 is 4.74 Å². The van der Waals surface area contributed by atoms with Crippen LogP contribution in [0.4, 0.5) is 0 Å². The number of pyridine rings is 1. The molecule has 102 valence electrons. The molecule has 0 atom stereocenters. The van der Waals surface area contributed by atoms with Crippen LogP contribution in [0.25, 0.3) is 0 Å². The third-order valence-corrected chi connectivity index (χ3v) is 2.81. The second-order valence-corrected chi connectivity index (χ2v) is 4.53. The smallest absolute Gasteiger partial charge is 0.224 e. The molecule has 0 saturated carbocycles. The molecule has 0 aliphatic heterocycles. The highest BCUT2D eigenvalue weighted by molar-refractivity contribution is 6.30. The predicted molar refractivity (Wildman–Crippen MR) is 74.8 cm³/mol. The highest BCUT2D eigenvalue weighted by Gasteiger charge is 2.07. The Kier molecular flexibility index (Phi) is 4.50. The van der Waals surface area contributed by atoms with Crippen molar-refractivity contribution in [3.63, 3.8) is 0 Å². The highest BCUT2D eigenvalue weighted by Crippen LogP contribution is 2.19. The van der Waals surface area contributed by atoms with Gasteiger partial charge in [-0.25, -0.2) is 4.98 Å². The molecular weight excluding hydrogens is 290 g/mol. The SMILES string of the molecule is N#Cc1cc(C#N)cc(COc2ncc(Cl)cc2C=O)c1. The molecule has 5 nitrogen and oxygen atoms in total. The summed E-state index contributed by atoms with van der Waals surface area (Å²) in [4.78, 5) is 14.9. The van der Waals surface area contributed by atoms with Crippen LogP contribution in [0, 0.1) is 22.7 Å². The van der Waals surface area contributed by atoms with Gasteiger partial charge < -0.3 is 4.74 Å². The molecule has 0 fully saturated rings. The van der Waals surface area contributed by atoms with E-state index in [0.717, 1.165) is 0 Å². The van der Waals surface area contributed by atoms with Crippen LogP contribution in [0.3, 0.4) is 0 Å². The summed E-state index contributed by atoms with van der Waals surface area (Å²) in [6.07, 6.45) is 1.97. The molecule has 0 aliphatic carbocycles. The maximum Gasteiger partial charge on any atom is 0.224 e. The van der Waals surface area contributed by atoms with E-state index in [1.54, 1.807) is 12.1 Å². The van der Waals surface area contributed by atoms with E-state index < -0.39 is 0 Å². The number of ether oxygens (including phenoxy) is 1. The molecule has 1 heterocycles. The molecular formula is C15H8ClN3O2. The minimum Gasteiger partial charge on any atom is -0.472 e. The fourth-order valence-corrected chi connectivity index (χ4v) is 1.87. The summed E-state index contributed by atoms with van der Waals surface area (Å²) in [6.45, 7) is 0.0830. The van der Waals surface area contributed by atoms with Gasteiger partial charge in [0.05, 0.1) is 33.9 Å². The fourth-order valence-electron chi connectivity index (χ4n) is 1.70. The Morgan fingerprint density at radius 1 is 1.19 bits per heavy atom. The summed E-state index contributed by atoms with van der Waals surface area (Å²) >= 11 is 5.74. The first kappa shape index (κ1) is 14.5. The lowest BCUT2D eigenvalue weighted by atomic mass is 10.1. The molecule has 0 aliphatic rings. The van der Waals surface area contributed by atoms with Gasteiger partial charge in [0, 0.05) is 6.20 Å². The number of aromatic nitrogens is 1. The molecule has 0 N–H and O–H groups in total. The summed E-state index contributed by atoms with van der Waals surface area (Å²) < 4.78 is 5.45. The average molecular weight is 298 g/mol. The molecule has 0 unspecified atom stereocenters. The molecule has 0 radical (unpaired) electrons. The van der Waals surface area contributed by atoms with Crippen molar-refractivity contribution in [2.45, 2.75) is 6.61 Å². The van der Waals surface area contributed by atoms with E-state index in [0.29, 0.717) is 28.0 Å². The van der Waals surface area contributed by atoms with Crippen molar-refractivity contribution >= 4 is 17.9 Å². The van der Waals surface area contributed by atoms with Crippen molar-refractivity contribution in [2.75, 3.05) is 0 Å². The van der Waals surface area contributed by atoms with E-state index in [4.69, 9.17) is 26.9 Å². The highest BCUT2D eigenvalue weighted by atomic mass is 35.5. The first-order valence-electron chi connectivity index (χ1n) is 5.84. The lowest BCUT2D eigenvalue weighted by Gasteiger charge is -2.08. The number of nitriles is 2. The van der Waals surface area contributed by atoms with Crippen molar-refractivity contribution in [1.82, 2.24) is 4.98 Å². The predicted octanol–water partition coefficient (Wildman–Crippen LogP) is 2.87. The van der Waals surface area contributed by atoms with Crippen molar-refractivity contribution in [2.24, 2.45) is 0 Å². The van der Waals surface area contributed by atoms with Gasteiger partial charge in [0.15, 0.2) is 6.29 Å². The Balaban J connectivity index is 2.23.